The highest BCUT2D eigenvalue weighted by atomic mass is 16.3. The van der Waals surface area contributed by atoms with Gasteiger partial charge in [0.25, 0.3) is 0 Å². The number of para-hydroxylation sites is 1. The third kappa shape index (κ3) is 2.85. The molecule has 0 N–H and O–H groups in total. The standard InChI is InChI=1S/C38H21N3O/c1-2-8-25-21-26(16-15-22(25)7-1)37-27-11-3-4-12-28(27)39-38(40-37)41-29-19-17-23-9-5-13-31-33(23)35(29)36-30(41)20-18-24-10-6-14-32(42-31)34(24)36/h1-21H. The molecule has 0 aliphatic carbocycles. The quantitative estimate of drug-likeness (QED) is 0.221. The average molecular weight is 536 g/mol. The first kappa shape index (κ1) is 22.0. The second-order valence-electron chi connectivity index (χ2n) is 11.0. The van der Waals surface area contributed by atoms with Crippen molar-refractivity contribution < 1.29 is 4.42 Å². The Kier molecular flexibility index (Phi) is 4.15. The summed E-state index contributed by atoms with van der Waals surface area (Å²) in [7, 11) is 0. The van der Waals surface area contributed by atoms with Crippen LogP contribution in [0.4, 0.5) is 0 Å². The van der Waals surface area contributed by atoms with Crippen LogP contribution in [0.5, 0.6) is 0 Å². The van der Waals surface area contributed by atoms with Crippen molar-refractivity contribution in [3.05, 3.63) is 127 Å². The lowest BCUT2D eigenvalue weighted by Gasteiger charge is -2.13. The number of hydrogen-bond donors (Lipinski definition) is 0. The monoisotopic (exact) mass is 535 g/mol. The fraction of sp³-hybridized carbons (Fsp3) is 0. The molecule has 0 amide bonds. The van der Waals surface area contributed by atoms with Crippen molar-refractivity contribution in [1.29, 1.82) is 0 Å². The highest BCUT2D eigenvalue weighted by molar-refractivity contribution is 6.33. The van der Waals surface area contributed by atoms with Crippen LogP contribution in [0.2, 0.25) is 0 Å². The van der Waals surface area contributed by atoms with Crippen LogP contribution in [0, 0.1) is 0 Å². The summed E-state index contributed by atoms with van der Waals surface area (Å²) in [6, 6.07) is 44.7. The van der Waals surface area contributed by atoms with Gasteiger partial charge in [0.1, 0.15) is 11.2 Å². The maximum atomic E-state index is 6.59. The van der Waals surface area contributed by atoms with E-state index >= 15 is 0 Å². The zero-order valence-electron chi connectivity index (χ0n) is 22.4. The van der Waals surface area contributed by atoms with Crippen LogP contribution >= 0.6 is 0 Å². The van der Waals surface area contributed by atoms with Gasteiger partial charge in [-0.1, -0.05) is 91.0 Å². The van der Waals surface area contributed by atoms with E-state index in [-0.39, 0.29) is 0 Å². The lowest BCUT2D eigenvalue weighted by atomic mass is 10.00. The smallest absolute Gasteiger partial charge is 0.235 e. The van der Waals surface area contributed by atoms with Crippen LogP contribution in [-0.2, 0) is 0 Å². The van der Waals surface area contributed by atoms with Gasteiger partial charge in [0.2, 0.25) is 5.95 Å². The van der Waals surface area contributed by atoms with Gasteiger partial charge in [-0.25, -0.2) is 9.97 Å². The Morgan fingerprint density at radius 2 is 1.10 bits per heavy atom. The van der Waals surface area contributed by atoms with Crippen molar-refractivity contribution in [1.82, 2.24) is 14.5 Å². The minimum Gasteiger partial charge on any atom is -0.456 e. The van der Waals surface area contributed by atoms with Gasteiger partial charge >= 0.3 is 0 Å². The minimum atomic E-state index is 0.659. The molecule has 3 heterocycles. The van der Waals surface area contributed by atoms with Gasteiger partial charge in [-0.3, -0.25) is 4.57 Å². The second kappa shape index (κ2) is 7.93. The van der Waals surface area contributed by atoms with E-state index in [1.165, 1.54) is 21.5 Å². The summed E-state index contributed by atoms with van der Waals surface area (Å²) in [5.41, 5.74) is 6.79. The van der Waals surface area contributed by atoms with Crippen LogP contribution in [-0.4, -0.2) is 14.5 Å². The average Bonchev–Trinajstić information content (AvgIpc) is 3.30. The Morgan fingerprint density at radius 1 is 0.476 bits per heavy atom. The number of rotatable bonds is 2. The number of aromatic nitrogens is 3. The Bertz CT molecular complexity index is 2590. The Balaban J connectivity index is 1.39. The Hall–Kier alpha value is -5.74. The Morgan fingerprint density at radius 3 is 1.83 bits per heavy atom. The van der Waals surface area contributed by atoms with Gasteiger partial charge in [-0.05, 0) is 57.9 Å². The van der Waals surface area contributed by atoms with Gasteiger partial charge < -0.3 is 4.42 Å². The normalized spacial score (nSPS) is 12.3. The van der Waals surface area contributed by atoms with Gasteiger partial charge in [-0.2, -0.15) is 0 Å². The van der Waals surface area contributed by atoms with E-state index in [2.05, 4.69) is 126 Å². The zero-order valence-corrected chi connectivity index (χ0v) is 22.4. The van der Waals surface area contributed by atoms with Crippen molar-refractivity contribution in [2.24, 2.45) is 0 Å². The van der Waals surface area contributed by atoms with Crippen LogP contribution in [0.3, 0.4) is 0 Å². The third-order valence-corrected chi connectivity index (χ3v) is 8.74. The van der Waals surface area contributed by atoms with Gasteiger partial charge in [0, 0.05) is 32.5 Å². The molecule has 4 nitrogen and oxygen atoms in total. The van der Waals surface area contributed by atoms with E-state index in [1.807, 2.05) is 6.07 Å². The number of hydrogen-bond acceptors (Lipinski definition) is 3. The molecule has 0 unspecified atom stereocenters. The van der Waals surface area contributed by atoms with E-state index in [0.717, 1.165) is 65.9 Å². The zero-order chi connectivity index (χ0) is 27.4. The molecule has 0 aliphatic heterocycles. The summed E-state index contributed by atoms with van der Waals surface area (Å²) >= 11 is 0. The molecule has 0 radical (unpaired) electrons. The molecule has 0 saturated carbocycles. The SMILES string of the molecule is c1ccc2cc(-c3nc(-n4c5ccc6cccc7oc8cccc9ccc4c(c98)c5c67)nc4ccccc34)ccc2c1. The first-order chi connectivity index (χ1) is 20.8. The molecule has 10 aromatic rings. The predicted molar refractivity (Wildman–Crippen MR) is 173 cm³/mol. The topological polar surface area (TPSA) is 43.9 Å². The highest BCUT2D eigenvalue weighted by Gasteiger charge is 2.23. The summed E-state index contributed by atoms with van der Waals surface area (Å²) < 4.78 is 8.83. The largest absolute Gasteiger partial charge is 0.456 e. The summed E-state index contributed by atoms with van der Waals surface area (Å²) in [6.45, 7) is 0. The fourth-order valence-corrected chi connectivity index (χ4v) is 6.90. The maximum Gasteiger partial charge on any atom is 0.235 e. The molecule has 7 aromatic carbocycles. The summed E-state index contributed by atoms with van der Waals surface area (Å²) in [5, 5.41) is 10.3. The number of nitrogens with zero attached hydrogens (tertiary/aromatic N) is 3. The van der Waals surface area contributed by atoms with Crippen molar-refractivity contribution >= 4 is 76.2 Å². The van der Waals surface area contributed by atoms with Gasteiger partial charge in [0.15, 0.2) is 0 Å². The molecular formula is C38H21N3O. The molecule has 0 fully saturated rings. The molecule has 0 atom stereocenters. The van der Waals surface area contributed by atoms with E-state index in [1.54, 1.807) is 0 Å². The molecule has 0 bridgehead atoms. The van der Waals surface area contributed by atoms with E-state index in [4.69, 9.17) is 14.4 Å². The molecular weight excluding hydrogens is 514 g/mol. The molecule has 0 spiro atoms. The molecule has 0 aliphatic rings. The summed E-state index contributed by atoms with van der Waals surface area (Å²) in [6.07, 6.45) is 0. The van der Waals surface area contributed by atoms with Crippen molar-refractivity contribution in [3.63, 3.8) is 0 Å². The van der Waals surface area contributed by atoms with Crippen molar-refractivity contribution in [2.45, 2.75) is 0 Å². The maximum absolute atomic E-state index is 6.59. The van der Waals surface area contributed by atoms with Crippen LogP contribution in [0.1, 0.15) is 0 Å². The molecule has 3 aromatic heterocycles. The molecule has 4 heteroatoms. The van der Waals surface area contributed by atoms with Gasteiger partial charge in [0.05, 0.1) is 22.2 Å². The van der Waals surface area contributed by atoms with E-state index < -0.39 is 0 Å². The first-order valence-corrected chi connectivity index (χ1v) is 14.2. The second-order valence-corrected chi connectivity index (χ2v) is 11.0. The van der Waals surface area contributed by atoms with Crippen LogP contribution in [0.15, 0.2) is 132 Å². The Labute approximate surface area is 239 Å². The molecule has 194 valence electrons. The first-order valence-electron chi connectivity index (χ1n) is 14.2. The number of benzene rings is 7. The molecule has 0 saturated heterocycles. The summed E-state index contributed by atoms with van der Waals surface area (Å²) in [4.78, 5) is 10.5. The molecule has 10 rings (SSSR count). The predicted octanol–water partition coefficient (Wildman–Crippen LogP) is 10.0. The molecule has 42 heavy (non-hydrogen) atoms. The fourth-order valence-electron chi connectivity index (χ4n) is 6.90. The van der Waals surface area contributed by atoms with Gasteiger partial charge in [-0.15, -0.1) is 0 Å². The van der Waals surface area contributed by atoms with Crippen LogP contribution < -0.4 is 0 Å². The lowest BCUT2D eigenvalue weighted by Crippen LogP contribution is -2.03. The number of fused-ring (bicyclic) bond motifs is 2. The van der Waals surface area contributed by atoms with E-state index in [0.29, 0.717) is 5.95 Å². The van der Waals surface area contributed by atoms with Crippen LogP contribution in [0.25, 0.3) is 93.4 Å². The third-order valence-electron chi connectivity index (χ3n) is 8.74. The highest BCUT2D eigenvalue weighted by Crippen LogP contribution is 2.44. The lowest BCUT2D eigenvalue weighted by molar-refractivity contribution is 0.664. The van der Waals surface area contributed by atoms with Crippen molar-refractivity contribution in [2.75, 3.05) is 0 Å². The van der Waals surface area contributed by atoms with Crippen molar-refractivity contribution in [3.8, 4) is 17.2 Å². The minimum absolute atomic E-state index is 0.659. The van der Waals surface area contributed by atoms with E-state index in [9.17, 15) is 0 Å². The summed E-state index contributed by atoms with van der Waals surface area (Å²) in [5.74, 6) is 0.659.